The van der Waals surface area contributed by atoms with Crippen molar-refractivity contribution in [1.29, 1.82) is 0 Å². The molecule has 0 aromatic heterocycles. The minimum Gasteiger partial charge on any atom is -0.202 e. The van der Waals surface area contributed by atoms with Gasteiger partial charge in [0.05, 0.1) is 4.90 Å². The second-order valence-corrected chi connectivity index (χ2v) is 2.37. The molecule has 0 spiro atoms. The molecule has 0 saturated carbocycles. The normalized spacial score (nSPS) is 9.43. The van der Waals surface area contributed by atoms with Gasteiger partial charge in [0.2, 0.25) is 5.82 Å². The van der Waals surface area contributed by atoms with Gasteiger partial charge in [0.1, 0.15) is 0 Å². The zero-order chi connectivity index (χ0) is 11.5. The SMILES string of the molecule is CC.Fc1c(F)c(F)c(S)c(F)c1F. The topological polar surface area (TPSA) is 0 Å². The van der Waals surface area contributed by atoms with Gasteiger partial charge in [-0.1, -0.05) is 13.8 Å². The third-order valence-corrected chi connectivity index (χ3v) is 1.58. The molecule has 0 aliphatic carbocycles. The van der Waals surface area contributed by atoms with Crippen LogP contribution in [0.4, 0.5) is 22.0 Å². The van der Waals surface area contributed by atoms with Crippen molar-refractivity contribution in [1.82, 2.24) is 0 Å². The fourth-order valence-electron chi connectivity index (χ4n) is 0.593. The van der Waals surface area contributed by atoms with Gasteiger partial charge in [-0.15, -0.1) is 12.6 Å². The van der Waals surface area contributed by atoms with E-state index >= 15 is 0 Å². The molecule has 80 valence electrons. The second-order valence-electron chi connectivity index (χ2n) is 1.92. The van der Waals surface area contributed by atoms with Crippen molar-refractivity contribution in [3.63, 3.8) is 0 Å². The molecule has 0 bridgehead atoms. The summed E-state index contributed by atoms with van der Waals surface area (Å²) < 4.78 is 61.3. The maximum atomic E-state index is 12.3. The number of rotatable bonds is 0. The molecule has 0 amide bonds. The zero-order valence-corrected chi connectivity index (χ0v) is 8.23. The number of hydrogen-bond acceptors (Lipinski definition) is 1. The molecule has 0 radical (unpaired) electrons. The molecule has 1 aromatic rings. The summed E-state index contributed by atoms with van der Waals surface area (Å²) >= 11 is 3.10. The summed E-state index contributed by atoms with van der Waals surface area (Å²) in [5.74, 6) is -10.00. The lowest BCUT2D eigenvalue weighted by Gasteiger charge is -2.01. The van der Waals surface area contributed by atoms with Crippen LogP contribution in [0.1, 0.15) is 13.8 Å². The van der Waals surface area contributed by atoms with E-state index in [1.165, 1.54) is 0 Å². The molecular formula is C8H7F5S. The van der Waals surface area contributed by atoms with E-state index in [2.05, 4.69) is 12.6 Å². The molecule has 0 aliphatic rings. The van der Waals surface area contributed by atoms with Crippen molar-refractivity contribution < 1.29 is 22.0 Å². The van der Waals surface area contributed by atoms with Gasteiger partial charge in [-0.3, -0.25) is 0 Å². The van der Waals surface area contributed by atoms with Crippen LogP contribution in [0.3, 0.4) is 0 Å². The van der Waals surface area contributed by atoms with Gasteiger partial charge in [0.15, 0.2) is 23.3 Å². The summed E-state index contributed by atoms with van der Waals surface area (Å²) in [7, 11) is 0. The number of benzene rings is 1. The Bertz CT molecular complexity index is 232. The summed E-state index contributed by atoms with van der Waals surface area (Å²) in [6, 6.07) is 0. The molecule has 0 heterocycles. The summed E-state index contributed by atoms with van der Waals surface area (Å²) in [5, 5.41) is 0. The number of halogens is 5. The fourth-order valence-corrected chi connectivity index (χ4v) is 0.790. The maximum absolute atomic E-state index is 12.3. The van der Waals surface area contributed by atoms with Crippen LogP contribution in [-0.4, -0.2) is 0 Å². The standard InChI is InChI=1S/C6HF5S.C2H6/c7-1-2(8)4(10)6(12)5(11)3(1)9;1-2/h12H;1-2H3. The predicted octanol–water partition coefficient (Wildman–Crippen LogP) is 3.70. The second kappa shape index (κ2) is 5.19. The van der Waals surface area contributed by atoms with Crippen LogP contribution in [0.15, 0.2) is 4.90 Å². The lowest BCUT2D eigenvalue weighted by Crippen LogP contribution is -2.01. The van der Waals surface area contributed by atoms with E-state index in [1.54, 1.807) is 0 Å². The zero-order valence-electron chi connectivity index (χ0n) is 7.34. The summed E-state index contributed by atoms with van der Waals surface area (Å²) in [6.07, 6.45) is 0. The Hall–Kier alpha value is -0.780. The third kappa shape index (κ3) is 2.17. The Morgan fingerprint density at radius 2 is 0.857 bits per heavy atom. The van der Waals surface area contributed by atoms with Gasteiger partial charge in [-0.05, 0) is 0 Å². The van der Waals surface area contributed by atoms with Gasteiger partial charge in [-0.25, -0.2) is 22.0 Å². The molecular weight excluding hydrogens is 223 g/mol. The van der Waals surface area contributed by atoms with Crippen LogP contribution in [0.2, 0.25) is 0 Å². The lowest BCUT2D eigenvalue weighted by atomic mass is 10.3. The van der Waals surface area contributed by atoms with Gasteiger partial charge < -0.3 is 0 Å². The molecule has 0 N–H and O–H groups in total. The Labute approximate surface area is 83.1 Å². The van der Waals surface area contributed by atoms with Crippen molar-refractivity contribution in [2.24, 2.45) is 0 Å². The quantitative estimate of drug-likeness (QED) is 0.299. The summed E-state index contributed by atoms with van der Waals surface area (Å²) in [4.78, 5) is -1.17. The minimum atomic E-state index is -2.18. The first kappa shape index (κ1) is 13.2. The van der Waals surface area contributed by atoms with Crippen LogP contribution in [0.25, 0.3) is 0 Å². The average molecular weight is 230 g/mol. The highest BCUT2D eigenvalue weighted by Gasteiger charge is 2.23. The van der Waals surface area contributed by atoms with Gasteiger partial charge in [0, 0.05) is 0 Å². The van der Waals surface area contributed by atoms with Gasteiger partial charge in [-0.2, -0.15) is 0 Å². The molecule has 0 atom stereocenters. The van der Waals surface area contributed by atoms with E-state index in [-0.39, 0.29) is 0 Å². The molecule has 0 fully saturated rings. The molecule has 6 heteroatoms. The monoisotopic (exact) mass is 230 g/mol. The molecule has 0 nitrogen and oxygen atoms in total. The Kier molecular flexibility index (Phi) is 4.90. The van der Waals surface area contributed by atoms with E-state index < -0.39 is 34.0 Å². The van der Waals surface area contributed by atoms with Crippen molar-refractivity contribution >= 4 is 12.6 Å². The largest absolute Gasteiger partial charge is 0.202 e. The highest BCUT2D eigenvalue weighted by Crippen LogP contribution is 2.24. The van der Waals surface area contributed by atoms with Crippen LogP contribution in [0.5, 0.6) is 0 Å². The Morgan fingerprint density at radius 3 is 1.14 bits per heavy atom. The molecule has 0 aliphatic heterocycles. The number of thiol groups is 1. The maximum Gasteiger partial charge on any atom is 0.200 e. The highest BCUT2D eigenvalue weighted by atomic mass is 32.1. The van der Waals surface area contributed by atoms with Crippen LogP contribution in [-0.2, 0) is 0 Å². The van der Waals surface area contributed by atoms with Crippen molar-refractivity contribution in [3.05, 3.63) is 29.1 Å². The average Bonchev–Trinajstić information content (AvgIpc) is 2.24. The van der Waals surface area contributed by atoms with Crippen LogP contribution in [0, 0.1) is 29.1 Å². The smallest absolute Gasteiger partial charge is 0.200 e. The van der Waals surface area contributed by atoms with E-state index in [1.807, 2.05) is 13.8 Å². The van der Waals surface area contributed by atoms with E-state index in [4.69, 9.17) is 0 Å². The first-order valence-electron chi connectivity index (χ1n) is 3.67. The lowest BCUT2D eigenvalue weighted by molar-refractivity contribution is 0.361. The molecule has 1 rings (SSSR count). The Balaban J connectivity index is 0.000000791. The summed E-state index contributed by atoms with van der Waals surface area (Å²) in [5.41, 5.74) is 0. The van der Waals surface area contributed by atoms with Crippen molar-refractivity contribution in [3.8, 4) is 0 Å². The molecule has 0 saturated heterocycles. The molecule has 0 unspecified atom stereocenters. The van der Waals surface area contributed by atoms with Gasteiger partial charge >= 0.3 is 0 Å². The highest BCUT2D eigenvalue weighted by molar-refractivity contribution is 7.80. The first-order valence-corrected chi connectivity index (χ1v) is 4.12. The predicted molar refractivity (Wildman–Crippen MR) is 44.8 cm³/mol. The van der Waals surface area contributed by atoms with E-state index in [9.17, 15) is 22.0 Å². The Morgan fingerprint density at radius 1 is 0.643 bits per heavy atom. The minimum absolute atomic E-state index is 1.17. The third-order valence-electron chi connectivity index (χ3n) is 1.19. The van der Waals surface area contributed by atoms with E-state index in [0.717, 1.165) is 0 Å². The molecule has 14 heavy (non-hydrogen) atoms. The first-order chi connectivity index (χ1) is 6.46. The van der Waals surface area contributed by atoms with Crippen LogP contribution >= 0.6 is 12.6 Å². The van der Waals surface area contributed by atoms with Crippen molar-refractivity contribution in [2.75, 3.05) is 0 Å². The fraction of sp³-hybridized carbons (Fsp3) is 0.250. The van der Waals surface area contributed by atoms with Crippen LogP contribution < -0.4 is 0 Å². The van der Waals surface area contributed by atoms with Gasteiger partial charge in [0.25, 0.3) is 0 Å². The number of hydrogen-bond donors (Lipinski definition) is 1. The van der Waals surface area contributed by atoms with E-state index in [0.29, 0.717) is 0 Å². The molecule has 1 aromatic carbocycles. The summed E-state index contributed by atoms with van der Waals surface area (Å²) in [6.45, 7) is 4.00. The van der Waals surface area contributed by atoms with Crippen molar-refractivity contribution in [2.45, 2.75) is 18.7 Å².